The van der Waals surface area contributed by atoms with Crippen LogP contribution in [-0.4, -0.2) is 37.1 Å². The average Bonchev–Trinajstić information content (AvgIpc) is 3.03. The number of imide groups is 1. The maximum Gasteiger partial charge on any atom is 0.416 e. The maximum atomic E-state index is 12.9. The Morgan fingerprint density at radius 3 is 2.50 bits per heavy atom. The Hall–Kier alpha value is -3.41. The second-order valence-corrected chi connectivity index (χ2v) is 9.09. The van der Waals surface area contributed by atoms with Crippen LogP contribution in [0.25, 0.3) is 0 Å². The Morgan fingerprint density at radius 2 is 1.81 bits per heavy atom. The minimum absolute atomic E-state index is 0.0142. The van der Waals surface area contributed by atoms with Gasteiger partial charge in [-0.15, -0.1) is 0 Å². The average molecular weight is 467 g/mol. The Kier molecular flexibility index (Phi) is 5.19. The number of hydrogen-bond donors (Lipinski definition) is 2. The summed E-state index contributed by atoms with van der Waals surface area (Å²) in [6.07, 6.45) is -4.43. The molecule has 3 amide bonds. The summed E-state index contributed by atoms with van der Waals surface area (Å²) in [4.78, 5) is 37.0. The van der Waals surface area contributed by atoms with Crippen molar-refractivity contribution in [3.05, 3.63) is 59.2 Å². The fourth-order valence-electron chi connectivity index (χ4n) is 3.67. The zero-order valence-corrected chi connectivity index (χ0v) is 17.1. The van der Waals surface area contributed by atoms with Gasteiger partial charge in [-0.2, -0.15) is 13.2 Å². The molecule has 168 valence electrons. The molecule has 1 atom stereocenters. The molecule has 2 heterocycles. The molecule has 32 heavy (non-hydrogen) atoms. The monoisotopic (exact) mass is 467 g/mol. The fourth-order valence-corrected chi connectivity index (χ4v) is 4.77. The SMILES string of the molecule is O=C1CCC(N2Cc3ccc(NS(=O)(=O)c4cccc(C(F)(F)F)c4)cc3C2=O)C(=O)N1. The number of carbonyl (C=O) groups is 3. The van der Waals surface area contributed by atoms with E-state index in [1.165, 1.54) is 23.1 Å². The molecule has 12 heteroatoms. The van der Waals surface area contributed by atoms with Crippen LogP contribution in [0.5, 0.6) is 0 Å². The maximum absolute atomic E-state index is 12.9. The van der Waals surface area contributed by atoms with E-state index in [2.05, 4.69) is 10.0 Å². The van der Waals surface area contributed by atoms with Gasteiger partial charge in [-0.3, -0.25) is 24.4 Å². The Balaban J connectivity index is 1.56. The minimum Gasteiger partial charge on any atom is -0.322 e. The van der Waals surface area contributed by atoms with Crippen LogP contribution < -0.4 is 10.0 Å². The first kappa shape index (κ1) is 21.8. The van der Waals surface area contributed by atoms with E-state index in [0.717, 1.165) is 18.2 Å². The number of hydrogen-bond acceptors (Lipinski definition) is 5. The number of rotatable bonds is 4. The number of nitrogens with zero attached hydrogens (tertiary/aromatic N) is 1. The predicted molar refractivity (Wildman–Crippen MR) is 105 cm³/mol. The third-order valence-corrected chi connectivity index (χ3v) is 6.63. The fraction of sp³-hybridized carbons (Fsp3) is 0.250. The predicted octanol–water partition coefficient (Wildman–Crippen LogP) is 2.27. The molecule has 4 rings (SSSR count). The quantitative estimate of drug-likeness (QED) is 0.670. The van der Waals surface area contributed by atoms with Crippen molar-refractivity contribution in [2.45, 2.75) is 36.5 Å². The van der Waals surface area contributed by atoms with Crippen LogP contribution in [0.3, 0.4) is 0 Å². The highest BCUT2D eigenvalue weighted by Gasteiger charge is 2.39. The van der Waals surface area contributed by atoms with Gasteiger partial charge < -0.3 is 4.90 Å². The molecule has 1 unspecified atom stereocenters. The largest absolute Gasteiger partial charge is 0.416 e. The zero-order valence-electron chi connectivity index (χ0n) is 16.3. The molecule has 0 spiro atoms. The Morgan fingerprint density at radius 1 is 1.06 bits per heavy atom. The summed E-state index contributed by atoms with van der Waals surface area (Å²) in [6, 6.07) is 6.63. The smallest absolute Gasteiger partial charge is 0.322 e. The van der Waals surface area contributed by atoms with Crippen LogP contribution >= 0.6 is 0 Å². The van der Waals surface area contributed by atoms with Gasteiger partial charge in [-0.05, 0) is 42.3 Å². The van der Waals surface area contributed by atoms with Crippen molar-refractivity contribution < 1.29 is 36.0 Å². The Labute approximate surface area is 180 Å². The summed E-state index contributed by atoms with van der Waals surface area (Å²) in [5.41, 5.74) is -0.398. The number of carbonyl (C=O) groups excluding carboxylic acids is 3. The van der Waals surface area contributed by atoms with Crippen molar-refractivity contribution in [1.29, 1.82) is 0 Å². The van der Waals surface area contributed by atoms with Gasteiger partial charge in [0.15, 0.2) is 0 Å². The van der Waals surface area contributed by atoms with E-state index in [-0.39, 0.29) is 30.6 Å². The summed E-state index contributed by atoms with van der Waals surface area (Å²) in [5, 5.41) is 2.19. The minimum atomic E-state index is -4.70. The van der Waals surface area contributed by atoms with Gasteiger partial charge in [0.1, 0.15) is 6.04 Å². The second-order valence-electron chi connectivity index (χ2n) is 7.40. The normalized spacial score (nSPS) is 19.0. The first-order valence-electron chi connectivity index (χ1n) is 9.43. The van der Waals surface area contributed by atoms with E-state index < -0.39 is 50.4 Å². The highest BCUT2D eigenvalue weighted by Crippen LogP contribution is 2.32. The van der Waals surface area contributed by atoms with E-state index in [9.17, 15) is 36.0 Å². The van der Waals surface area contributed by atoms with E-state index in [1.807, 2.05) is 0 Å². The zero-order chi connectivity index (χ0) is 23.3. The number of nitrogens with one attached hydrogen (secondary N) is 2. The van der Waals surface area contributed by atoms with Gasteiger partial charge in [0.05, 0.1) is 10.5 Å². The van der Waals surface area contributed by atoms with Crippen molar-refractivity contribution in [3.8, 4) is 0 Å². The van der Waals surface area contributed by atoms with Crippen molar-refractivity contribution in [3.63, 3.8) is 0 Å². The van der Waals surface area contributed by atoms with Crippen LogP contribution in [0.2, 0.25) is 0 Å². The topological polar surface area (TPSA) is 113 Å². The molecule has 8 nitrogen and oxygen atoms in total. The van der Waals surface area contributed by atoms with Crippen LogP contribution in [0, 0.1) is 0 Å². The lowest BCUT2D eigenvalue weighted by Crippen LogP contribution is -2.52. The lowest BCUT2D eigenvalue weighted by Gasteiger charge is -2.29. The number of halogens is 3. The van der Waals surface area contributed by atoms with Crippen molar-refractivity contribution >= 4 is 33.4 Å². The molecule has 2 aromatic carbocycles. The molecular weight excluding hydrogens is 451 g/mol. The second kappa shape index (κ2) is 7.62. The summed E-state index contributed by atoms with van der Waals surface area (Å²) >= 11 is 0. The molecule has 0 bridgehead atoms. The molecule has 2 N–H and O–H groups in total. The molecule has 0 aliphatic carbocycles. The molecule has 2 aromatic rings. The van der Waals surface area contributed by atoms with Gasteiger partial charge in [0.2, 0.25) is 11.8 Å². The lowest BCUT2D eigenvalue weighted by atomic mass is 10.0. The number of anilines is 1. The van der Waals surface area contributed by atoms with Gasteiger partial charge in [-0.25, -0.2) is 8.42 Å². The Bertz CT molecular complexity index is 1240. The standard InChI is InChI=1S/C20H16F3N3O5S/c21-20(22,23)12-2-1-3-14(8-12)32(30,31)25-13-5-4-11-10-26(19(29)15(11)9-13)16-6-7-17(27)24-18(16)28/h1-5,8-9,16,25H,6-7,10H2,(H,24,27,28). The van der Waals surface area contributed by atoms with E-state index >= 15 is 0 Å². The number of alkyl halides is 3. The molecule has 0 saturated carbocycles. The first-order valence-corrected chi connectivity index (χ1v) is 10.9. The molecule has 1 saturated heterocycles. The number of fused-ring (bicyclic) bond motifs is 1. The van der Waals surface area contributed by atoms with Crippen LogP contribution in [0.4, 0.5) is 18.9 Å². The van der Waals surface area contributed by atoms with E-state index in [0.29, 0.717) is 11.6 Å². The van der Waals surface area contributed by atoms with Crippen molar-refractivity contribution in [2.24, 2.45) is 0 Å². The highest BCUT2D eigenvalue weighted by molar-refractivity contribution is 7.92. The number of sulfonamides is 1. The molecule has 2 aliphatic rings. The molecule has 0 aromatic heterocycles. The molecular formula is C20H16F3N3O5S. The first-order chi connectivity index (χ1) is 15.0. The molecule has 0 radical (unpaired) electrons. The van der Waals surface area contributed by atoms with Crippen molar-refractivity contribution in [2.75, 3.05) is 4.72 Å². The summed E-state index contributed by atoms with van der Waals surface area (Å²) in [7, 11) is -4.36. The summed E-state index contributed by atoms with van der Waals surface area (Å²) < 4.78 is 66.1. The van der Waals surface area contributed by atoms with Crippen LogP contribution in [0.1, 0.15) is 34.3 Å². The summed E-state index contributed by atoms with van der Waals surface area (Å²) in [5.74, 6) is -1.50. The van der Waals surface area contributed by atoms with E-state index in [4.69, 9.17) is 0 Å². The third-order valence-electron chi connectivity index (χ3n) is 5.25. The van der Waals surface area contributed by atoms with E-state index in [1.54, 1.807) is 0 Å². The molecule has 2 aliphatic heterocycles. The van der Waals surface area contributed by atoms with Crippen LogP contribution in [0.15, 0.2) is 47.4 Å². The highest BCUT2D eigenvalue weighted by atomic mass is 32.2. The number of piperidine rings is 1. The lowest BCUT2D eigenvalue weighted by molar-refractivity contribution is -0.138. The van der Waals surface area contributed by atoms with Crippen LogP contribution in [-0.2, 0) is 32.3 Å². The van der Waals surface area contributed by atoms with Gasteiger partial charge >= 0.3 is 6.18 Å². The van der Waals surface area contributed by atoms with Gasteiger partial charge in [-0.1, -0.05) is 12.1 Å². The van der Waals surface area contributed by atoms with Gasteiger partial charge in [0, 0.05) is 24.2 Å². The molecule has 1 fully saturated rings. The number of amides is 3. The van der Waals surface area contributed by atoms with Crippen molar-refractivity contribution in [1.82, 2.24) is 10.2 Å². The number of benzene rings is 2. The summed E-state index contributed by atoms with van der Waals surface area (Å²) in [6.45, 7) is 0.112. The van der Waals surface area contributed by atoms with Gasteiger partial charge in [0.25, 0.3) is 15.9 Å². The third kappa shape index (κ3) is 4.05.